The van der Waals surface area contributed by atoms with Crippen LogP contribution < -0.4 is 11.1 Å². The predicted molar refractivity (Wildman–Crippen MR) is 107 cm³/mol. The van der Waals surface area contributed by atoms with Gasteiger partial charge in [0, 0.05) is 29.9 Å². The molecule has 7 nitrogen and oxygen atoms in total. The van der Waals surface area contributed by atoms with Gasteiger partial charge in [0.15, 0.2) is 0 Å². The van der Waals surface area contributed by atoms with Crippen LogP contribution in [0.1, 0.15) is 40.5 Å². The first-order chi connectivity index (χ1) is 13.3. The highest BCUT2D eigenvalue weighted by atomic mass is 32.2. The van der Waals surface area contributed by atoms with Crippen LogP contribution in [0, 0.1) is 5.92 Å². The number of sulfonamides is 1. The number of primary amides is 1. The Balaban J connectivity index is 1.80. The van der Waals surface area contributed by atoms with E-state index in [2.05, 4.69) is 12.2 Å². The number of piperidine rings is 1. The molecule has 1 fully saturated rings. The number of nitrogens with one attached hydrogen (secondary N) is 1. The molecular weight excluding hydrogens is 378 g/mol. The van der Waals surface area contributed by atoms with E-state index < -0.39 is 21.8 Å². The largest absolute Gasteiger partial charge is 0.366 e. The SMILES string of the molecule is CC1CCN(S(=O)(=O)c2cccc(C(=O)Nc3cccc(C(N)=O)c3)c2)CC1. The highest BCUT2D eigenvalue weighted by molar-refractivity contribution is 7.89. The Labute approximate surface area is 164 Å². The second-order valence-electron chi connectivity index (χ2n) is 7.01. The summed E-state index contributed by atoms with van der Waals surface area (Å²) in [5.74, 6) is -0.550. The Bertz CT molecular complexity index is 996. The molecule has 148 valence electrons. The summed E-state index contributed by atoms with van der Waals surface area (Å²) in [6.07, 6.45) is 1.66. The van der Waals surface area contributed by atoms with E-state index in [-0.39, 0.29) is 16.0 Å². The summed E-state index contributed by atoms with van der Waals surface area (Å²) in [6, 6.07) is 12.2. The van der Waals surface area contributed by atoms with Gasteiger partial charge in [-0.2, -0.15) is 4.31 Å². The van der Waals surface area contributed by atoms with Gasteiger partial charge in [0.2, 0.25) is 15.9 Å². The van der Waals surface area contributed by atoms with Crippen molar-refractivity contribution >= 4 is 27.5 Å². The third-order valence-electron chi connectivity index (χ3n) is 4.88. The molecular formula is C20H23N3O4S. The number of amides is 2. The van der Waals surface area contributed by atoms with Gasteiger partial charge in [0.1, 0.15) is 0 Å². The summed E-state index contributed by atoms with van der Waals surface area (Å²) < 4.78 is 27.3. The smallest absolute Gasteiger partial charge is 0.255 e. The minimum absolute atomic E-state index is 0.0978. The van der Waals surface area contributed by atoms with Crippen LogP contribution in [0.2, 0.25) is 0 Å². The zero-order valence-corrected chi connectivity index (χ0v) is 16.4. The lowest BCUT2D eigenvalue weighted by molar-refractivity contribution is 0.0996. The molecule has 0 bridgehead atoms. The summed E-state index contributed by atoms with van der Waals surface area (Å²) in [6.45, 7) is 3.09. The monoisotopic (exact) mass is 401 g/mol. The van der Waals surface area contributed by atoms with Crippen molar-refractivity contribution in [3.63, 3.8) is 0 Å². The van der Waals surface area contributed by atoms with Gasteiger partial charge in [-0.3, -0.25) is 9.59 Å². The second kappa shape index (κ2) is 8.12. The van der Waals surface area contributed by atoms with Crippen molar-refractivity contribution in [3.05, 3.63) is 59.7 Å². The number of carbonyl (C=O) groups excluding carboxylic acids is 2. The summed E-state index contributed by atoms with van der Waals surface area (Å²) >= 11 is 0. The molecule has 1 aliphatic rings. The average molecular weight is 401 g/mol. The molecule has 1 aliphatic heterocycles. The molecule has 3 N–H and O–H groups in total. The number of anilines is 1. The number of nitrogens with two attached hydrogens (primary N) is 1. The van der Waals surface area contributed by atoms with E-state index >= 15 is 0 Å². The molecule has 28 heavy (non-hydrogen) atoms. The molecule has 3 rings (SSSR count). The number of nitrogens with zero attached hydrogens (tertiary/aromatic N) is 1. The fourth-order valence-electron chi connectivity index (χ4n) is 3.13. The van der Waals surface area contributed by atoms with Gasteiger partial charge < -0.3 is 11.1 Å². The molecule has 0 saturated carbocycles. The molecule has 2 amide bonds. The van der Waals surface area contributed by atoms with Gasteiger partial charge in [0.05, 0.1) is 4.90 Å². The summed E-state index contributed by atoms with van der Waals surface area (Å²) in [5, 5.41) is 2.66. The lowest BCUT2D eigenvalue weighted by Crippen LogP contribution is -2.37. The minimum atomic E-state index is -3.64. The Kier molecular flexibility index (Phi) is 5.81. The summed E-state index contributed by atoms with van der Waals surface area (Å²) in [5.41, 5.74) is 6.14. The van der Waals surface area contributed by atoms with Crippen molar-refractivity contribution in [3.8, 4) is 0 Å². The molecule has 0 spiro atoms. The van der Waals surface area contributed by atoms with E-state index in [1.807, 2.05) is 0 Å². The predicted octanol–water partition coefficient (Wildman–Crippen LogP) is 2.46. The van der Waals surface area contributed by atoms with Crippen LogP contribution in [0.5, 0.6) is 0 Å². The first kappa shape index (κ1) is 20.0. The lowest BCUT2D eigenvalue weighted by Gasteiger charge is -2.29. The number of hydrogen-bond acceptors (Lipinski definition) is 4. The molecule has 2 aromatic rings. The van der Waals surface area contributed by atoms with Gasteiger partial charge in [-0.1, -0.05) is 19.1 Å². The quantitative estimate of drug-likeness (QED) is 0.802. The maximum absolute atomic E-state index is 12.9. The first-order valence-electron chi connectivity index (χ1n) is 9.09. The maximum Gasteiger partial charge on any atom is 0.255 e. The van der Waals surface area contributed by atoms with Crippen LogP contribution in [-0.4, -0.2) is 37.6 Å². The topological polar surface area (TPSA) is 110 Å². The minimum Gasteiger partial charge on any atom is -0.366 e. The molecule has 0 aliphatic carbocycles. The van der Waals surface area contributed by atoms with Crippen LogP contribution in [-0.2, 0) is 10.0 Å². The number of carbonyl (C=O) groups is 2. The molecule has 0 aromatic heterocycles. The van der Waals surface area contributed by atoms with Crippen molar-refractivity contribution in [2.75, 3.05) is 18.4 Å². The van der Waals surface area contributed by atoms with Gasteiger partial charge in [-0.25, -0.2) is 8.42 Å². The maximum atomic E-state index is 12.9. The molecule has 0 unspecified atom stereocenters. The zero-order chi connectivity index (χ0) is 20.3. The highest BCUT2D eigenvalue weighted by Gasteiger charge is 2.28. The number of rotatable bonds is 5. The van der Waals surface area contributed by atoms with Gasteiger partial charge in [0.25, 0.3) is 5.91 Å². The lowest BCUT2D eigenvalue weighted by atomic mass is 10.0. The van der Waals surface area contributed by atoms with Crippen LogP contribution in [0.15, 0.2) is 53.4 Å². The summed E-state index contributed by atoms with van der Waals surface area (Å²) in [4.78, 5) is 23.9. The molecule has 8 heteroatoms. The van der Waals surface area contributed by atoms with E-state index in [9.17, 15) is 18.0 Å². The van der Waals surface area contributed by atoms with Crippen molar-refractivity contribution < 1.29 is 18.0 Å². The number of benzene rings is 2. The van der Waals surface area contributed by atoms with Crippen LogP contribution in [0.4, 0.5) is 5.69 Å². The molecule has 1 saturated heterocycles. The first-order valence-corrected chi connectivity index (χ1v) is 10.5. The van der Waals surface area contributed by atoms with Gasteiger partial charge in [-0.05, 0) is 55.2 Å². The second-order valence-corrected chi connectivity index (χ2v) is 8.95. The van der Waals surface area contributed by atoms with Crippen LogP contribution in [0.25, 0.3) is 0 Å². The average Bonchev–Trinajstić information content (AvgIpc) is 2.68. The van der Waals surface area contributed by atoms with Gasteiger partial charge >= 0.3 is 0 Å². The Hall–Kier alpha value is -2.71. The normalized spacial score (nSPS) is 15.9. The van der Waals surface area contributed by atoms with E-state index in [0.717, 1.165) is 12.8 Å². The fraction of sp³-hybridized carbons (Fsp3) is 0.300. The molecule has 0 atom stereocenters. The Morgan fingerprint density at radius 1 is 1.04 bits per heavy atom. The molecule has 0 radical (unpaired) electrons. The van der Waals surface area contributed by atoms with E-state index in [4.69, 9.17) is 5.73 Å². The van der Waals surface area contributed by atoms with Crippen LogP contribution in [0.3, 0.4) is 0 Å². The summed E-state index contributed by atoms with van der Waals surface area (Å²) in [7, 11) is -3.64. The van der Waals surface area contributed by atoms with Crippen molar-refractivity contribution in [2.24, 2.45) is 11.7 Å². The fourth-order valence-corrected chi connectivity index (χ4v) is 4.64. The Morgan fingerprint density at radius 3 is 2.36 bits per heavy atom. The van der Waals surface area contributed by atoms with E-state index in [0.29, 0.717) is 24.7 Å². The Morgan fingerprint density at radius 2 is 1.68 bits per heavy atom. The van der Waals surface area contributed by atoms with E-state index in [1.54, 1.807) is 30.3 Å². The molecule has 1 heterocycles. The third-order valence-corrected chi connectivity index (χ3v) is 6.78. The van der Waals surface area contributed by atoms with Crippen molar-refractivity contribution in [1.82, 2.24) is 4.31 Å². The third kappa shape index (κ3) is 4.40. The van der Waals surface area contributed by atoms with Crippen LogP contribution >= 0.6 is 0 Å². The zero-order valence-electron chi connectivity index (χ0n) is 15.6. The van der Waals surface area contributed by atoms with E-state index in [1.165, 1.54) is 22.5 Å². The molecule has 2 aromatic carbocycles. The number of hydrogen-bond donors (Lipinski definition) is 2. The van der Waals surface area contributed by atoms with Crippen molar-refractivity contribution in [2.45, 2.75) is 24.7 Å². The van der Waals surface area contributed by atoms with Crippen molar-refractivity contribution in [1.29, 1.82) is 0 Å². The highest BCUT2D eigenvalue weighted by Crippen LogP contribution is 2.24. The van der Waals surface area contributed by atoms with Gasteiger partial charge in [-0.15, -0.1) is 0 Å². The standard InChI is InChI=1S/C20H23N3O4S/c1-14-8-10-23(11-9-14)28(26,27)18-7-3-5-16(13-18)20(25)22-17-6-2-4-15(12-17)19(21)24/h2-7,12-14H,8-11H2,1H3,(H2,21,24)(H,22,25).